The SMILES string of the molecule is C#CCCCCCc1cnc(N)[nH]1.C/C(=C\c1ccccc1)CN=[N+]=[N-].C/C(=C\c1ccccc1)Cn1cc(CCCCCc2cnc(N)[nH]2)nn1.Cl.Cl. The Hall–Kier alpha value is -5.47. The third-order valence-electron chi connectivity index (χ3n) is 7.75. The molecule has 0 spiro atoms. The van der Waals surface area contributed by atoms with Gasteiger partial charge in [-0.15, -0.1) is 42.3 Å². The number of nitrogens with two attached hydrogens (primary N) is 2. The van der Waals surface area contributed by atoms with Gasteiger partial charge in [-0.2, -0.15) is 0 Å². The van der Waals surface area contributed by atoms with Gasteiger partial charge in [-0.25, -0.2) is 14.6 Å². The van der Waals surface area contributed by atoms with Gasteiger partial charge in [0.1, 0.15) is 0 Å². The minimum atomic E-state index is 0. The molecule has 0 amide bonds. The van der Waals surface area contributed by atoms with Crippen molar-refractivity contribution in [1.82, 2.24) is 34.9 Å². The first-order valence-corrected chi connectivity index (χ1v) is 17.7. The molecule has 0 aliphatic heterocycles. The summed E-state index contributed by atoms with van der Waals surface area (Å²) < 4.78 is 1.91. The van der Waals surface area contributed by atoms with Gasteiger partial charge in [-0.05, 0) is 75.5 Å². The van der Waals surface area contributed by atoms with Crippen molar-refractivity contribution in [2.24, 2.45) is 5.11 Å². The summed E-state index contributed by atoms with van der Waals surface area (Å²) in [5.41, 5.74) is 27.1. The number of unbranched alkanes of at least 4 members (excludes halogenated alkanes) is 5. The van der Waals surface area contributed by atoms with E-state index in [1.807, 2.05) is 72.4 Å². The van der Waals surface area contributed by atoms with Crippen molar-refractivity contribution < 1.29 is 0 Å². The number of imidazole rings is 2. The van der Waals surface area contributed by atoms with E-state index in [2.05, 4.69) is 77.5 Å². The molecule has 12 nitrogen and oxygen atoms in total. The number of terminal acetylenes is 1. The summed E-state index contributed by atoms with van der Waals surface area (Å²) in [5, 5.41) is 12.0. The zero-order valence-corrected chi connectivity index (χ0v) is 32.9. The molecule has 54 heavy (non-hydrogen) atoms. The molecule has 5 aromatic rings. The van der Waals surface area contributed by atoms with Crippen LogP contribution >= 0.6 is 24.8 Å². The summed E-state index contributed by atoms with van der Waals surface area (Å²) in [7, 11) is 0. The number of hydrogen-bond acceptors (Lipinski definition) is 7. The number of hydrogen-bond donors (Lipinski definition) is 4. The van der Waals surface area contributed by atoms with E-state index in [1.165, 1.54) is 17.6 Å². The molecular weight excluding hydrogens is 719 g/mol. The first-order valence-electron chi connectivity index (χ1n) is 17.7. The van der Waals surface area contributed by atoms with Crippen molar-refractivity contribution in [2.45, 2.75) is 84.6 Å². The van der Waals surface area contributed by atoms with Crippen LogP contribution in [-0.4, -0.2) is 41.5 Å². The molecule has 0 fully saturated rings. The molecule has 0 saturated carbocycles. The van der Waals surface area contributed by atoms with Gasteiger partial charge in [0.15, 0.2) is 11.9 Å². The minimum Gasteiger partial charge on any atom is -0.369 e. The zero-order chi connectivity index (χ0) is 37.2. The third-order valence-corrected chi connectivity index (χ3v) is 7.75. The zero-order valence-electron chi connectivity index (χ0n) is 31.3. The normalized spacial score (nSPS) is 10.6. The minimum absolute atomic E-state index is 0. The van der Waals surface area contributed by atoms with Crippen molar-refractivity contribution in [3.05, 3.63) is 129 Å². The van der Waals surface area contributed by atoms with Crippen molar-refractivity contribution in [2.75, 3.05) is 18.0 Å². The molecule has 0 radical (unpaired) electrons. The quantitative estimate of drug-likeness (QED) is 0.0239. The predicted molar refractivity (Wildman–Crippen MR) is 227 cm³/mol. The molecule has 0 saturated heterocycles. The van der Waals surface area contributed by atoms with Gasteiger partial charge in [0, 0.05) is 35.5 Å². The summed E-state index contributed by atoms with van der Waals surface area (Å²) in [6, 6.07) is 20.3. The number of nitrogen functional groups attached to an aromatic ring is 2. The second-order valence-corrected chi connectivity index (χ2v) is 12.5. The van der Waals surface area contributed by atoms with Crippen LogP contribution in [-0.2, 0) is 25.8 Å². The number of nitrogens with zero attached hydrogens (tertiary/aromatic N) is 8. The van der Waals surface area contributed by atoms with Gasteiger partial charge in [-0.3, -0.25) is 0 Å². The Kier molecular flexibility index (Phi) is 24.2. The molecule has 288 valence electrons. The number of aromatic amines is 2. The number of halogens is 2. The molecule has 14 heteroatoms. The lowest BCUT2D eigenvalue weighted by Gasteiger charge is -2.01. The summed E-state index contributed by atoms with van der Waals surface area (Å²) in [5.74, 6) is 3.62. The highest BCUT2D eigenvalue weighted by Crippen LogP contribution is 2.11. The lowest BCUT2D eigenvalue weighted by Crippen LogP contribution is -1.99. The van der Waals surface area contributed by atoms with Crippen molar-refractivity contribution in [3.63, 3.8) is 0 Å². The number of benzene rings is 2. The van der Waals surface area contributed by atoms with Crippen molar-refractivity contribution in [1.29, 1.82) is 0 Å². The lowest BCUT2D eigenvalue weighted by molar-refractivity contribution is 0.642. The summed E-state index contributed by atoms with van der Waals surface area (Å²) in [4.78, 5) is 16.7. The van der Waals surface area contributed by atoms with E-state index in [9.17, 15) is 0 Å². The fraction of sp³-hybridized carbons (Fsp3) is 0.350. The number of aryl methyl sites for hydroxylation is 3. The van der Waals surface area contributed by atoms with Crippen LogP contribution in [0.15, 0.2) is 95.5 Å². The molecule has 0 aliphatic carbocycles. The maximum Gasteiger partial charge on any atom is 0.197 e. The number of nitrogens with one attached hydrogen (secondary N) is 2. The number of anilines is 2. The first kappa shape index (κ1) is 46.6. The number of azide groups is 1. The first-order chi connectivity index (χ1) is 25.3. The maximum absolute atomic E-state index is 8.11. The maximum atomic E-state index is 8.11. The van der Waals surface area contributed by atoms with Crippen LogP contribution in [0.4, 0.5) is 11.9 Å². The standard InChI is InChI=1S/C20H26N6.C10H11N3.C10H15N3.2ClH/c1-16(12-17-8-4-2-5-9-17)14-26-15-19(24-25-26)11-7-3-6-10-18-13-22-20(21)23-18;1-9(8-12-13-11)7-10-5-3-2-4-6-10;1-2-3-4-5-6-7-9-8-12-10(11)13-9;;/h2,4-5,8-9,12-13,15H,3,6-7,10-11,14H2,1H3,(H3,21,22,23);2-7H,8H2,1H3;1,8H,3-7H2,(H3,11,12,13);2*1H/b16-12+;9-7+;;;. The van der Waals surface area contributed by atoms with Crippen LogP contribution in [0.25, 0.3) is 22.6 Å². The Bertz CT molecular complexity index is 1860. The van der Waals surface area contributed by atoms with Crippen molar-refractivity contribution >= 4 is 48.9 Å². The molecule has 6 N–H and O–H groups in total. The Balaban J connectivity index is 0.000000441. The van der Waals surface area contributed by atoms with Gasteiger partial charge >= 0.3 is 0 Å². The molecular formula is C40H54Cl2N12. The van der Waals surface area contributed by atoms with Crippen LogP contribution in [0.1, 0.15) is 87.0 Å². The second-order valence-electron chi connectivity index (χ2n) is 12.5. The highest BCUT2D eigenvalue weighted by atomic mass is 35.5. The van der Waals surface area contributed by atoms with E-state index < -0.39 is 0 Å². The molecule has 2 aromatic carbocycles. The molecule has 0 unspecified atom stereocenters. The topological polar surface area (TPSA) is 189 Å². The molecule has 0 atom stereocenters. The smallest absolute Gasteiger partial charge is 0.197 e. The monoisotopic (exact) mass is 772 g/mol. The van der Waals surface area contributed by atoms with Gasteiger partial charge in [0.2, 0.25) is 0 Å². The summed E-state index contributed by atoms with van der Waals surface area (Å²) >= 11 is 0. The number of H-pyrrole nitrogens is 2. The van der Waals surface area contributed by atoms with Gasteiger partial charge in [0.05, 0.1) is 24.6 Å². The number of allylic oxidation sites excluding steroid dienone is 1. The Labute approximate surface area is 331 Å². The van der Waals surface area contributed by atoms with Crippen LogP contribution in [0.3, 0.4) is 0 Å². The van der Waals surface area contributed by atoms with Crippen LogP contribution in [0.5, 0.6) is 0 Å². The van der Waals surface area contributed by atoms with Crippen LogP contribution in [0, 0.1) is 12.3 Å². The molecule has 5 rings (SSSR count). The molecule has 3 heterocycles. The fourth-order valence-corrected chi connectivity index (χ4v) is 5.21. The molecule has 0 bridgehead atoms. The molecule has 3 aromatic heterocycles. The molecule has 0 aliphatic rings. The van der Waals surface area contributed by atoms with E-state index in [4.69, 9.17) is 23.4 Å². The lowest BCUT2D eigenvalue weighted by atomic mass is 10.1. The van der Waals surface area contributed by atoms with E-state index in [1.54, 1.807) is 6.20 Å². The number of aromatic nitrogens is 7. The number of rotatable bonds is 17. The highest BCUT2D eigenvalue weighted by molar-refractivity contribution is 5.85. The summed E-state index contributed by atoms with van der Waals surface area (Å²) in [6.45, 7) is 5.27. The predicted octanol–water partition coefficient (Wildman–Crippen LogP) is 9.61. The Morgan fingerprint density at radius 1 is 0.796 bits per heavy atom. The average Bonchev–Trinajstić information content (AvgIpc) is 3.89. The Morgan fingerprint density at radius 3 is 1.81 bits per heavy atom. The van der Waals surface area contributed by atoms with Gasteiger partial charge < -0.3 is 21.4 Å². The Morgan fingerprint density at radius 2 is 1.31 bits per heavy atom. The third kappa shape index (κ3) is 20.5. The fourth-order valence-electron chi connectivity index (χ4n) is 5.21. The average molecular weight is 774 g/mol. The van der Waals surface area contributed by atoms with E-state index in [-0.39, 0.29) is 24.8 Å². The second kappa shape index (κ2) is 28.1. The van der Waals surface area contributed by atoms with Crippen LogP contribution < -0.4 is 11.5 Å². The van der Waals surface area contributed by atoms with E-state index in [0.29, 0.717) is 18.4 Å². The van der Waals surface area contributed by atoms with Gasteiger partial charge in [-0.1, -0.05) is 107 Å². The van der Waals surface area contributed by atoms with Crippen LogP contribution in [0.2, 0.25) is 0 Å². The van der Waals surface area contributed by atoms with E-state index >= 15 is 0 Å². The van der Waals surface area contributed by atoms with E-state index in [0.717, 1.165) is 92.6 Å². The largest absolute Gasteiger partial charge is 0.369 e. The summed E-state index contributed by atoms with van der Waals surface area (Å²) in [6.07, 6.45) is 25.6. The van der Waals surface area contributed by atoms with Crippen molar-refractivity contribution in [3.8, 4) is 12.3 Å². The highest BCUT2D eigenvalue weighted by Gasteiger charge is 2.03. The van der Waals surface area contributed by atoms with Gasteiger partial charge in [0.25, 0.3) is 0 Å².